The summed E-state index contributed by atoms with van der Waals surface area (Å²) in [6.07, 6.45) is 1.77. The summed E-state index contributed by atoms with van der Waals surface area (Å²) in [6, 6.07) is 14.4. The van der Waals surface area contributed by atoms with Gasteiger partial charge in [-0.3, -0.25) is 0 Å². The van der Waals surface area contributed by atoms with Crippen molar-refractivity contribution in [1.29, 1.82) is 0 Å². The molecule has 172 valence electrons. The van der Waals surface area contributed by atoms with Crippen LogP contribution in [-0.4, -0.2) is 23.4 Å². The highest BCUT2D eigenvalue weighted by atomic mass is 32.2. The molecule has 0 aliphatic carbocycles. The average Bonchev–Trinajstić information content (AvgIpc) is 3.14. The summed E-state index contributed by atoms with van der Waals surface area (Å²) in [7, 11) is -3.74. The number of hydrogen-bond acceptors (Lipinski definition) is 8. The quantitative estimate of drug-likeness (QED) is 0.323. The van der Waals surface area contributed by atoms with E-state index in [-0.39, 0.29) is 4.90 Å². The molecule has 0 saturated carbocycles. The van der Waals surface area contributed by atoms with Gasteiger partial charge in [0.15, 0.2) is 5.13 Å². The van der Waals surface area contributed by atoms with E-state index in [1.165, 1.54) is 17.7 Å². The van der Waals surface area contributed by atoms with Crippen molar-refractivity contribution in [2.24, 2.45) is 11.1 Å². The number of benzene rings is 2. The first-order chi connectivity index (χ1) is 15.7. The predicted molar refractivity (Wildman–Crippen MR) is 134 cm³/mol. The second-order valence-electron chi connectivity index (χ2n) is 8.16. The topological polar surface area (TPSA) is 123 Å². The summed E-state index contributed by atoms with van der Waals surface area (Å²) in [5.74, 6) is 1.47. The van der Waals surface area contributed by atoms with Gasteiger partial charge in [0.05, 0.1) is 15.1 Å². The molecule has 0 unspecified atom stereocenters. The third-order valence-electron chi connectivity index (χ3n) is 4.93. The number of aromatic nitrogens is 3. The third-order valence-corrected chi connectivity index (χ3v) is 6.79. The summed E-state index contributed by atoms with van der Waals surface area (Å²) < 4.78 is 24.1. The summed E-state index contributed by atoms with van der Waals surface area (Å²) in [6.45, 7) is 6.40. The van der Waals surface area contributed by atoms with E-state index < -0.39 is 10.0 Å². The van der Waals surface area contributed by atoms with E-state index in [9.17, 15) is 8.42 Å². The average molecular weight is 483 g/mol. The van der Waals surface area contributed by atoms with Crippen molar-refractivity contribution in [1.82, 2.24) is 15.0 Å². The standard InChI is InChI=1S/C23H26N6O2S2/c1-4-15-5-10-19-20(12-15)32-23(27-19)29-21-13-17(11-14(2)3)26-22(28-21)25-16-6-8-18(9-7-16)33(24,30)31/h5-10,12-14H,4,11H2,1-3H3,(H2,24,30,31)(H2,25,26,27,28,29). The Morgan fingerprint density at radius 3 is 2.42 bits per heavy atom. The molecule has 2 aromatic heterocycles. The fraction of sp³-hybridized carbons (Fsp3) is 0.261. The third kappa shape index (κ3) is 5.84. The van der Waals surface area contributed by atoms with Gasteiger partial charge in [-0.15, -0.1) is 0 Å². The Morgan fingerprint density at radius 1 is 1.00 bits per heavy atom. The first-order valence-corrected chi connectivity index (χ1v) is 13.0. The lowest BCUT2D eigenvalue weighted by Gasteiger charge is -2.11. The molecular weight excluding hydrogens is 456 g/mol. The van der Waals surface area contributed by atoms with Gasteiger partial charge in [-0.2, -0.15) is 4.98 Å². The highest BCUT2D eigenvalue weighted by Crippen LogP contribution is 2.29. The molecule has 0 fully saturated rings. The van der Waals surface area contributed by atoms with Crippen molar-refractivity contribution in [2.75, 3.05) is 10.6 Å². The number of nitrogens with zero attached hydrogens (tertiary/aromatic N) is 3. The van der Waals surface area contributed by atoms with Crippen LogP contribution in [0.25, 0.3) is 10.2 Å². The Morgan fingerprint density at radius 2 is 1.76 bits per heavy atom. The maximum Gasteiger partial charge on any atom is 0.238 e. The molecule has 0 saturated heterocycles. The number of fused-ring (bicyclic) bond motifs is 1. The first kappa shape index (κ1) is 23.1. The number of anilines is 4. The molecule has 4 aromatic rings. The minimum Gasteiger partial charge on any atom is -0.324 e. The number of sulfonamides is 1. The van der Waals surface area contributed by atoms with E-state index in [0.717, 1.165) is 33.9 Å². The Balaban J connectivity index is 1.62. The van der Waals surface area contributed by atoms with Gasteiger partial charge in [-0.1, -0.05) is 38.2 Å². The molecule has 0 atom stereocenters. The van der Waals surface area contributed by atoms with Crippen LogP contribution in [0, 0.1) is 5.92 Å². The number of aryl methyl sites for hydroxylation is 1. The lowest BCUT2D eigenvalue weighted by molar-refractivity contribution is 0.598. The fourth-order valence-electron chi connectivity index (χ4n) is 3.35. The number of primary sulfonamides is 1. The molecule has 0 amide bonds. The monoisotopic (exact) mass is 482 g/mol. The van der Waals surface area contributed by atoms with Crippen molar-refractivity contribution in [2.45, 2.75) is 38.5 Å². The number of hydrogen-bond donors (Lipinski definition) is 3. The molecule has 10 heteroatoms. The van der Waals surface area contributed by atoms with Crippen LogP contribution >= 0.6 is 11.3 Å². The van der Waals surface area contributed by atoms with Crippen LogP contribution in [0.5, 0.6) is 0 Å². The molecule has 0 bridgehead atoms. The van der Waals surface area contributed by atoms with Crippen LogP contribution < -0.4 is 15.8 Å². The zero-order chi connectivity index (χ0) is 23.6. The molecular formula is C23H26N6O2S2. The van der Waals surface area contributed by atoms with Crippen molar-refractivity contribution in [3.63, 3.8) is 0 Å². The molecule has 2 heterocycles. The number of nitrogens with one attached hydrogen (secondary N) is 2. The molecule has 33 heavy (non-hydrogen) atoms. The molecule has 0 radical (unpaired) electrons. The van der Waals surface area contributed by atoms with E-state index in [1.54, 1.807) is 23.5 Å². The lowest BCUT2D eigenvalue weighted by Crippen LogP contribution is -2.12. The zero-order valence-electron chi connectivity index (χ0n) is 18.7. The number of rotatable bonds is 8. The second-order valence-corrected chi connectivity index (χ2v) is 10.8. The summed E-state index contributed by atoms with van der Waals surface area (Å²) >= 11 is 1.58. The molecule has 4 rings (SSSR count). The molecule has 0 spiro atoms. The fourth-order valence-corrected chi connectivity index (χ4v) is 4.80. The van der Waals surface area contributed by atoms with E-state index in [4.69, 9.17) is 5.14 Å². The maximum absolute atomic E-state index is 11.5. The Kier molecular flexibility index (Phi) is 6.59. The van der Waals surface area contributed by atoms with Crippen LogP contribution in [0.4, 0.5) is 22.6 Å². The predicted octanol–water partition coefficient (Wildman–Crippen LogP) is 4.98. The summed E-state index contributed by atoms with van der Waals surface area (Å²) in [4.78, 5) is 13.9. The molecule has 0 aliphatic rings. The molecule has 0 aliphatic heterocycles. The minimum atomic E-state index is -3.74. The molecule has 4 N–H and O–H groups in total. The highest BCUT2D eigenvalue weighted by molar-refractivity contribution is 7.89. The lowest BCUT2D eigenvalue weighted by atomic mass is 10.1. The van der Waals surface area contributed by atoms with E-state index in [1.807, 2.05) is 12.1 Å². The maximum atomic E-state index is 11.5. The number of nitrogens with two attached hydrogens (primary N) is 1. The van der Waals surface area contributed by atoms with Crippen molar-refractivity contribution < 1.29 is 8.42 Å². The highest BCUT2D eigenvalue weighted by Gasteiger charge is 2.11. The van der Waals surface area contributed by atoms with Crippen molar-refractivity contribution in [3.05, 3.63) is 59.8 Å². The van der Waals surface area contributed by atoms with Gasteiger partial charge in [-0.25, -0.2) is 23.5 Å². The Bertz CT molecular complexity index is 1380. The van der Waals surface area contributed by atoms with Gasteiger partial charge in [0.25, 0.3) is 0 Å². The van der Waals surface area contributed by atoms with Gasteiger partial charge >= 0.3 is 0 Å². The zero-order valence-corrected chi connectivity index (χ0v) is 20.3. The van der Waals surface area contributed by atoms with Crippen molar-refractivity contribution >= 4 is 54.2 Å². The van der Waals surface area contributed by atoms with E-state index in [0.29, 0.717) is 23.4 Å². The van der Waals surface area contributed by atoms with Gasteiger partial charge < -0.3 is 10.6 Å². The van der Waals surface area contributed by atoms with Crippen LogP contribution in [0.2, 0.25) is 0 Å². The van der Waals surface area contributed by atoms with E-state index >= 15 is 0 Å². The van der Waals surface area contributed by atoms with Gasteiger partial charge in [0, 0.05) is 17.4 Å². The Hall–Kier alpha value is -3.08. The SMILES string of the molecule is CCc1ccc2nc(Nc3cc(CC(C)C)nc(Nc4ccc(S(N)(=O)=O)cc4)n3)sc2c1. The van der Waals surface area contributed by atoms with Gasteiger partial charge in [0.2, 0.25) is 16.0 Å². The normalized spacial score (nSPS) is 11.8. The second kappa shape index (κ2) is 9.42. The summed E-state index contributed by atoms with van der Waals surface area (Å²) in [5, 5.41) is 12.4. The summed E-state index contributed by atoms with van der Waals surface area (Å²) in [5.41, 5.74) is 3.77. The molecule has 8 nitrogen and oxygen atoms in total. The van der Waals surface area contributed by atoms with Crippen LogP contribution in [0.3, 0.4) is 0 Å². The van der Waals surface area contributed by atoms with E-state index in [2.05, 4.69) is 58.5 Å². The van der Waals surface area contributed by atoms with Crippen LogP contribution in [0.1, 0.15) is 32.0 Å². The van der Waals surface area contributed by atoms with Gasteiger partial charge in [-0.05, 0) is 60.7 Å². The Labute approximate surface area is 197 Å². The van der Waals surface area contributed by atoms with Crippen LogP contribution in [0.15, 0.2) is 53.4 Å². The largest absolute Gasteiger partial charge is 0.324 e. The molecule has 2 aromatic carbocycles. The van der Waals surface area contributed by atoms with Crippen LogP contribution in [-0.2, 0) is 22.9 Å². The minimum absolute atomic E-state index is 0.0481. The smallest absolute Gasteiger partial charge is 0.238 e. The van der Waals surface area contributed by atoms with Crippen molar-refractivity contribution in [3.8, 4) is 0 Å². The number of thiazole rings is 1. The van der Waals surface area contributed by atoms with Gasteiger partial charge in [0.1, 0.15) is 5.82 Å². The first-order valence-electron chi connectivity index (χ1n) is 10.6.